The predicted octanol–water partition coefficient (Wildman–Crippen LogP) is 3.96. The number of hydrogen-bond donors (Lipinski definition) is 2. The van der Waals surface area contributed by atoms with Crippen LogP contribution in [0.4, 0.5) is 0 Å². The molecule has 1 amide bonds. The minimum Gasteiger partial charge on any atom is -0.352 e. The molecule has 0 saturated heterocycles. The van der Waals surface area contributed by atoms with Gasteiger partial charge in [-0.2, -0.15) is 0 Å². The average Bonchev–Trinajstić information content (AvgIpc) is 2.38. The van der Waals surface area contributed by atoms with Crippen LogP contribution in [0.3, 0.4) is 0 Å². The molecule has 104 valence electrons. The van der Waals surface area contributed by atoms with Gasteiger partial charge in [0.25, 0.3) is 5.91 Å². The van der Waals surface area contributed by atoms with Crippen molar-refractivity contribution in [3.8, 4) is 0 Å². The summed E-state index contributed by atoms with van der Waals surface area (Å²) in [7, 11) is 0. The fraction of sp³-hybridized carbons (Fsp3) is 0.533. The van der Waals surface area contributed by atoms with E-state index in [1.165, 1.54) is 37.7 Å². The van der Waals surface area contributed by atoms with E-state index < -0.39 is 0 Å². The van der Waals surface area contributed by atoms with Crippen LogP contribution in [0.15, 0.2) is 24.3 Å². The van der Waals surface area contributed by atoms with Gasteiger partial charge in [-0.05, 0) is 37.8 Å². The summed E-state index contributed by atoms with van der Waals surface area (Å²) >= 11 is 0. The van der Waals surface area contributed by atoms with E-state index in [-0.39, 0.29) is 14.9 Å². The minimum atomic E-state index is 0. The van der Waals surface area contributed by atoms with Gasteiger partial charge in [-0.3, -0.25) is 4.79 Å². The molecule has 1 aliphatic rings. The van der Waals surface area contributed by atoms with Crippen LogP contribution in [-0.4, -0.2) is 12.5 Å². The lowest BCUT2D eigenvalue weighted by Crippen LogP contribution is -2.30. The van der Waals surface area contributed by atoms with Crippen molar-refractivity contribution in [1.29, 1.82) is 0 Å². The van der Waals surface area contributed by atoms with E-state index in [9.17, 15) is 4.79 Å². The zero-order chi connectivity index (χ0) is 12.1. The number of nitrogens with one attached hydrogen (secondary N) is 1. The van der Waals surface area contributed by atoms with Crippen molar-refractivity contribution in [2.75, 3.05) is 6.54 Å². The maximum absolute atomic E-state index is 11.9. The highest BCUT2D eigenvalue weighted by atomic mass is 16.1. The number of rotatable bonds is 3. The molecule has 0 aliphatic heterocycles. The zero-order valence-electron chi connectivity index (χ0n) is 11.2. The van der Waals surface area contributed by atoms with Crippen molar-refractivity contribution in [2.45, 2.75) is 39.0 Å². The molecular weight excluding hydrogens is 224 g/mol. The van der Waals surface area contributed by atoms with E-state index in [0.717, 1.165) is 12.1 Å². The Bertz CT molecular complexity index is 376. The normalized spacial score (nSPS) is 15.8. The Hall–Kier alpha value is -1.35. The molecule has 1 aliphatic carbocycles. The summed E-state index contributed by atoms with van der Waals surface area (Å²) in [6, 6.07) is 7.75. The van der Waals surface area contributed by atoms with Gasteiger partial charge in [-0.15, -0.1) is 0 Å². The molecule has 18 heavy (non-hydrogen) atoms. The number of aryl methyl sites for hydroxylation is 1. The first-order chi connectivity index (χ1) is 8.25. The number of carbonyl (C=O) groups is 1. The number of hydrogen-bond acceptors (Lipinski definition) is 2. The quantitative estimate of drug-likeness (QED) is 0.855. The summed E-state index contributed by atoms with van der Waals surface area (Å²) < 4.78 is 0. The number of carbonyl (C=O) groups excluding carboxylic acids is 1. The van der Waals surface area contributed by atoms with Gasteiger partial charge in [0.15, 0.2) is 0 Å². The van der Waals surface area contributed by atoms with E-state index >= 15 is 0 Å². The molecule has 1 aromatic carbocycles. The summed E-state index contributed by atoms with van der Waals surface area (Å²) in [6.07, 6.45) is 6.56. The van der Waals surface area contributed by atoms with E-state index in [4.69, 9.17) is 0 Å². The van der Waals surface area contributed by atoms with Crippen LogP contribution in [0.2, 0.25) is 0 Å². The minimum absolute atomic E-state index is 0. The maximum Gasteiger partial charge on any atom is 0.251 e. The van der Waals surface area contributed by atoms with Crippen molar-refractivity contribution in [2.24, 2.45) is 5.92 Å². The summed E-state index contributed by atoms with van der Waals surface area (Å²) in [5.41, 5.74) is 1.96. The van der Waals surface area contributed by atoms with Gasteiger partial charge in [0.1, 0.15) is 0 Å². The van der Waals surface area contributed by atoms with Crippen molar-refractivity contribution in [3.63, 3.8) is 0 Å². The van der Waals surface area contributed by atoms with Crippen molar-refractivity contribution in [1.82, 2.24) is 11.5 Å². The largest absolute Gasteiger partial charge is 0.352 e. The summed E-state index contributed by atoms with van der Waals surface area (Å²) in [5, 5.41) is 3.05. The molecule has 2 rings (SSSR count). The first-order valence-electron chi connectivity index (χ1n) is 6.60. The van der Waals surface area contributed by atoms with Gasteiger partial charge in [-0.1, -0.05) is 37.0 Å². The van der Waals surface area contributed by atoms with Crippen LogP contribution in [0, 0.1) is 12.8 Å². The van der Waals surface area contributed by atoms with Crippen LogP contribution < -0.4 is 11.5 Å². The van der Waals surface area contributed by atoms with Crippen LogP contribution in [-0.2, 0) is 0 Å². The zero-order valence-corrected chi connectivity index (χ0v) is 11.2. The van der Waals surface area contributed by atoms with Gasteiger partial charge in [-0.25, -0.2) is 0 Å². The summed E-state index contributed by atoms with van der Waals surface area (Å²) in [5.74, 6) is 0.758. The van der Waals surface area contributed by atoms with E-state index in [1.807, 2.05) is 31.2 Å². The van der Waals surface area contributed by atoms with Gasteiger partial charge < -0.3 is 11.5 Å². The molecule has 4 N–H and O–H groups in total. The lowest BCUT2D eigenvalue weighted by molar-refractivity contribution is 0.0943. The average molecular weight is 252 g/mol. The number of benzene rings is 1. The topological polar surface area (TPSA) is 64.1 Å². The predicted molar refractivity (Wildman–Crippen MR) is 79.3 cm³/mol. The highest BCUT2D eigenvalue weighted by molar-refractivity contribution is 5.94. The van der Waals surface area contributed by atoms with Crippen LogP contribution in [0.5, 0.6) is 0 Å². The Balaban J connectivity index is 0. The highest BCUT2D eigenvalue weighted by Gasteiger charge is 2.14. The smallest absolute Gasteiger partial charge is 0.251 e. The third kappa shape index (κ3) is 4.15. The Morgan fingerprint density at radius 1 is 1.22 bits per heavy atom. The monoisotopic (exact) mass is 252 g/mol. The molecule has 0 radical (unpaired) electrons. The summed E-state index contributed by atoms with van der Waals surface area (Å²) in [6.45, 7) is 2.87. The Kier molecular flexibility index (Phi) is 5.86. The number of amides is 1. The van der Waals surface area contributed by atoms with E-state index in [0.29, 0.717) is 5.92 Å². The molecule has 3 nitrogen and oxygen atoms in total. The lowest BCUT2D eigenvalue weighted by Gasteiger charge is -2.21. The molecule has 0 spiro atoms. The second-order valence-electron chi connectivity index (χ2n) is 5.08. The molecule has 0 aromatic heterocycles. The molecule has 1 saturated carbocycles. The fourth-order valence-corrected chi connectivity index (χ4v) is 2.44. The Morgan fingerprint density at radius 3 is 2.44 bits per heavy atom. The highest BCUT2D eigenvalue weighted by Crippen LogP contribution is 2.22. The van der Waals surface area contributed by atoms with Crippen LogP contribution in [0.1, 0.15) is 50.9 Å². The Labute approximate surface area is 113 Å². The summed E-state index contributed by atoms with van der Waals surface area (Å²) in [4.78, 5) is 11.9. The van der Waals surface area contributed by atoms with Gasteiger partial charge >= 0.3 is 0 Å². The molecule has 0 heterocycles. The second-order valence-corrected chi connectivity index (χ2v) is 5.08. The third-order valence-corrected chi connectivity index (χ3v) is 3.59. The first-order valence-corrected chi connectivity index (χ1v) is 6.60. The van der Waals surface area contributed by atoms with Gasteiger partial charge in [0.05, 0.1) is 0 Å². The molecule has 0 atom stereocenters. The van der Waals surface area contributed by atoms with Crippen molar-refractivity contribution < 1.29 is 7.65 Å². The molecule has 0 unspecified atom stereocenters. The Morgan fingerprint density at radius 2 is 1.83 bits per heavy atom. The molecule has 3 heteroatoms. The first kappa shape index (κ1) is 14.7. The molecular formula is C15H28N2O. The molecule has 0 bridgehead atoms. The van der Waals surface area contributed by atoms with E-state index in [1.54, 1.807) is 0 Å². The van der Waals surface area contributed by atoms with Gasteiger partial charge in [0.2, 0.25) is 0 Å². The second kappa shape index (κ2) is 7.17. The van der Waals surface area contributed by atoms with E-state index in [2.05, 4.69) is 5.32 Å². The lowest BCUT2D eigenvalue weighted by atomic mass is 9.89. The fourth-order valence-electron chi connectivity index (χ4n) is 2.44. The van der Waals surface area contributed by atoms with Crippen LogP contribution >= 0.6 is 0 Å². The standard InChI is InChI=1S/C15H21NO.H3N.2H2/c1-12-7-9-14(10-8-12)15(17)16-11-13-5-3-2-4-6-13;;;/h7-10,13H,2-6,11H2,1H3,(H,16,17);1H3;2*1H. The van der Waals surface area contributed by atoms with Crippen LogP contribution in [0.25, 0.3) is 0 Å². The van der Waals surface area contributed by atoms with Gasteiger partial charge in [0, 0.05) is 15.0 Å². The molecule has 1 fully saturated rings. The third-order valence-electron chi connectivity index (χ3n) is 3.59. The van der Waals surface area contributed by atoms with Crippen molar-refractivity contribution >= 4 is 5.91 Å². The SMILES string of the molecule is Cc1ccc(C(=O)NCC2CCCCC2)cc1.N.[HH].[HH]. The van der Waals surface area contributed by atoms with Crippen molar-refractivity contribution in [3.05, 3.63) is 35.4 Å². The maximum atomic E-state index is 11.9. The molecule has 1 aromatic rings.